The molecule has 23 heavy (non-hydrogen) atoms. The summed E-state index contributed by atoms with van der Waals surface area (Å²) in [5.41, 5.74) is 1.46. The van der Waals surface area contributed by atoms with E-state index in [2.05, 4.69) is 10.3 Å². The molecule has 1 aromatic heterocycles. The largest absolute Gasteiger partial charge is 0.444 e. The molecule has 0 unspecified atom stereocenters. The first-order valence-electron chi connectivity index (χ1n) is 7.62. The van der Waals surface area contributed by atoms with Gasteiger partial charge in [-0.05, 0) is 25.0 Å². The van der Waals surface area contributed by atoms with Crippen molar-refractivity contribution in [3.8, 4) is 11.5 Å². The van der Waals surface area contributed by atoms with Gasteiger partial charge in [0, 0.05) is 22.9 Å². The summed E-state index contributed by atoms with van der Waals surface area (Å²) in [4.78, 5) is 16.3. The van der Waals surface area contributed by atoms with Gasteiger partial charge in [-0.2, -0.15) is 0 Å². The van der Waals surface area contributed by atoms with E-state index in [0.717, 1.165) is 5.56 Å². The minimum Gasteiger partial charge on any atom is -0.444 e. The van der Waals surface area contributed by atoms with Crippen LogP contribution in [-0.4, -0.2) is 26.9 Å². The Hall–Kier alpha value is -1.95. The Morgan fingerprint density at radius 3 is 2.61 bits per heavy atom. The molecule has 0 saturated heterocycles. The summed E-state index contributed by atoms with van der Waals surface area (Å²) in [6.45, 7) is 6.29. The van der Waals surface area contributed by atoms with Crippen molar-refractivity contribution >= 4 is 16.7 Å². The number of hydrogen-bond acceptors (Lipinski definition) is 4. The van der Waals surface area contributed by atoms with Crippen LogP contribution in [0.2, 0.25) is 0 Å². The molecule has 0 aliphatic carbocycles. The number of amides is 1. The third-order valence-electron chi connectivity index (χ3n) is 3.31. The van der Waals surface area contributed by atoms with Crippen LogP contribution < -0.4 is 5.32 Å². The van der Waals surface area contributed by atoms with Crippen molar-refractivity contribution in [1.82, 2.24) is 10.3 Å². The normalized spacial score (nSPS) is 13.7. The molecule has 2 atom stereocenters. The Morgan fingerprint density at radius 2 is 1.96 bits per heavy atom. The molecule has 6 heteroatoms. The van der Waals surface area contributed by atoms with Crippen molar-refractivity contribution < 1.29 is 13.4 Å². The Balaban J connectivity index is 1.95. The lowest BCUT2D eigenvalue weighted by molar-refractivity contribution is -0.120. The molecular weight excluding hydrogens is 312 g/mol. The van der Waals surface area contributed by atoms with E-state index in [4.69, 9.17) is 4.42 Å². The van der Waals surface area contributed by atoms with Crippen LogP contribution in [0.5, 0.6) is 0 Å². The SMILES string of the molecule is CC(C)CNC(=O)[C@H](C)[S@](=O)Cc1coc(-c2ccccc2)n1. The lowest BCUT2D eigenvalue weighted by atomic mass is 10.2. The van der Waals surface area contributed by atoms with Crippen molar-refractivity contribution in [3.63, 3.8) is 0 Å². The number of hydrogen-bond donors (Lipinski definition) is 1. The zero-order valence-electron chi connectivity index (χ0n) is 13.6. The number of nitrogens with zero attached hydrogens (tertiary/aromatic N) is 1. The first kappa shape index (κ1) is 17.4. The van der Waals surface area contributed by atoms with Gasteiger partial charge in [-0.3, -0.25) is 9.00 Å². The molecule has 1 heterocycles. The van der Waals surface area contributed by atoms with E-state index in [1.807, 2.05) is 44.2 Å². The number of rotatable bonds is 7. The van der Waals surface area contributed by atoms with Gasteiger partial charge in [-0.25, -0.2) is 4.98 Å². The molecule has 0 radical (unpaired) electrons. The fourth-order valence-electron chi connectivity index (χ4n) is 1.93. The van der Waals surface area contributed by atoms with Crippen LogP contribution in [0.1, 0.15) is 26.5 Å². The van der Waals surface area contributed by atoms with Crippen molar-refractivity contribution in [2.24, 2.45) is 5.92 Å². The molecule has 1 N–H and O–H groups in total. The van der Waals surface area contributed by atoms with Crippen molar-refractivity contribution in [3.05, 3.63) is 42.3 Å². The van der Waals surface area contributed by atoms with Crippen molar-refractivity contribution in [2.75, 3.05) is 6.54 Å². The summed E-state index contributed by atoms with van der Waals surface area (Å²) in [7, 11) is -1.34. The fourth-order valence-corrected chi connectivity index (χ4v) is 2.92. The monoisotopic (exact) mass is 334 g/mol. The van der Waals surface area contributed by atoms with Crippen molar-refractivity contribution in [1.29, 1.82) is 0 Å². The van der Waals surface area contributed by atoms with Gasteiger partial charge in [-0.15, -0.1) is 0 Å². The van der Waals surface area contributed by atoms with Crippen LogP contribution in [0.25, 0.3) is 11.5 Å². The number of oxazole rings is 1. The van der Waals surface area contributed by atoms with Gasteiger partial charge in [0.2, 0.25) is 11.8 Å². The number of nitrogens with one attached hydrogen (secondary N) is 1. The molecule has 0 aliphatic heterocycles. The van der Waals surface area contributed by atoms with Gasteiger partial charge in [0.1, 0.15) is 11.5 Å². The highest BCUT2D eigenvalue weighted by Crippen LogP contribution is 2.19. The molecule has 5 nitrogen and oxygen atoms in total. The minimum atomic E-state index is -1.34. The van der Waals surface area contributed by atoms with E-state index in [-0.39, 0.29) is 11.7 Å². The molecule has 1 aromatic carbocycles. The predicted octanol–water partition coefficient (Wildman–Crippen LogP) is 2.75. The van der Waals surface area contributed by atoms with Gasteiger partial charge < -0.3 is 9.73 Å². The first-order chi connectivity index (χ1) is 11.0. The molecule has 124 valence electrons. The lowest BCUT2D eigenvalue weighted by Crippen LogP contribution is -2.37. The summed E-state index contributed by atoms with van der Waals surface area (Å²) in [5, 5.41) is 2.23. The molecule has 0 aliphatic rings. The van der Waals surface area contributed by atoms with Gasteiger partial charge in [-0.1, -0.05) is 32.0 Å². The number of aromatic nitrogens is 1. The smallest absolute Gasteiger partial charge is 0.235 e. The van der Waals surface area contributed by atoms with Crippen LogP contribution in [-0.2, 0) is 21.3 Å². The zero-order chi connectivity index (χ0) is 16.8. The molecule has 2 rings (SSSR count). The third-order valence-corrected chi connectivity index (χ3v) is 4.89. The second-order valence-electron chi connectivity index (χ2n) is 5.82. The van der Waals surface area contributed by atoms with Crippen LogP contribution in [0.3, 0.4) is 0 Å². The van der Waals surface area contributed by atoms with E-state index in [1.165, 1.54) is 6.26 Å². The zero-order valence-corrected chi connectivity index (χ0v) is 14.4. The predicted molar refractivity (Wildman–Crippen MR) is 91.1 cm³/mol. The topological polar surface area (TPSA) is 72.2 Å². The third kappa shape index (κ3) is 5.03. The van der Waals surface area contributed by atoms with Crippen molar-refractivity contribution in [2.45, 2.75) is 31.8 Å². The number of carbonyl (C=O) groups is 1. The first-order valence-corrected chi connectivity index (χ1v) is 9.00. The highest BCUT2D eigenvalue weighted by Gasteiger charge is 2.21. The van der Waals surface area contributed by atoms with Gasteiger partial charge >= 0.3 is 0 Å². The van der Waals surface area contributed by atoms with Crippen LogP contribution in [0.4, 0.5) is 0 Å². The summed E-state index contributed by atoms with van der Waals surface area (Å²) in [6.07, 6.45) is 1.50. The van der Waals surface area contributed by atoms with Crippen LogP contribution in [0, 0.1) is 5.92 Å². The van der Waals surface area contributed by atoms with Crippen LogP contribution in [0.15, 0.2) is 41.0 Å². The summed E-state index contributed by atoms with van der Waals surface area (Å²) in [5.74, 6) is 0.869. The van der Waals surface area contributed by atoms with Gasteiger partial charge in [0.15, 0.2) is 0 Å². The average Bonchev–Trinajstić information content (AvgIpc) is 3.01. The molecular formula is C17H22N2O3S. The quantitative estimate of drug-likeness (QED) is 0.845. The summed E-state index contributed by atoms with van der Waals surface area (Å²) >= 11 is 0. The Labute approximate surface area is 139 Å². The Bertz CT molecular complexity index is 667. The highest BCUT2D eigenvalue weighted by molar-refractivity contribution is 7.85. The second kappa shape index (κ2) is 8.06. The molecule has 0 saturated carbocycles. The van der Waals surface area contributed by atoms with E-state index in [1.54, 1.807) is 6.92 Å². The van der Waals surface area contributed by atoms with E-state index >= 15 is 0 Å². The molecule has 0 bridgehead atoms. The average molecular weight is 334 g/mol. The Kier molecular flexibility index (Phi) is 6.10. The second-order valence-corrected chi connectivity index (χ2v) is 7.57. The number of carbonyl (C=O) groups excluding carboxylic acids is 1. The fraction of sp³-hybridized carbons (Fsp3) is 0.412. The van der Waals surface area contributed by atoms with E-state index in [0.29, 0.717) is 24.0 Å². The standard InChI is InChI=1S/C17H22N2O3S/c1-12(2)9-18-16(20)13(3)23(21)11-15-10-22-17(19-15)14-7-5-4-6-8-14/h4-8,10,12-13H,9,11H2,1-3H3,(H,18,20)/t13-,23+/m0/s1. The molecule has 2 aromatic rings. The maximum atomic E-state index is 12.3. The molecule has 0 fully saturated rings. The Morgan fingerprint density at radius 1 is 1.26 bits per heavy atom. The van der Waals surface area contributed by atoms with Crippen LogP contribution >= 0.6 is 0 Å². The van der Waals surface area contributed by atoms with Gasteiger partial charge in [0.25, 0.3) is 0 Å². The number of benzene rings is 1. The molecule has 1 amide bonds. The maximum absolute atomic E-state index is 12.3. The van der Waals surface area contributed by atoms with Gasteiger partial charge in [0.05, 0.1) is 11.4 Å². The highest BCUT2D eigenvalue weighted by atomic mass is 32.2. The minimum absolute atomic E-state index is 0.191. The summed E-state index contributed by atoms with van der Waals surface area (Å²) in [6, 6.07) is 9.51. The lowest BCUT2D eigenvalue weighted by Gasteiger charge is -2.12. The van der Waals surface area contributed by atoms with E-state index < -0.39 is 16.0 Å². The molecule has 0 spiro atoms. The maximum Gasteiger partial charge on any atom is 0.235 e. The summed E-state index contributed by atoms with van der Waals surface area (Å²) < 4.78 is 17.7. The van der Waals surface area contributed by atoms with E-state index in [9.17, 15) is 9.00 Å².